The van der Waals surface area contributed by atoms with Gasteiger partial charge < -0.3 is 10.4 Å². The molecular weight excluding hydrogens is 282 g/mol. The number of amides is 1. The zero-order chi connectivity index (χ0) is 15.3. The van der Waals surface area contributed by atoms with E-state index in [1.54, 1.807) is 31.2 Å². The summed E-state index contributed by atoms with van der Waals surface area (Å²) in [6, 6.07) is 5.54. The van der Waals surface area contributed by atoms with Crippen LogP contribution in [0.1, 0.15) is 22.3 Å². The third-order valence-corrected chi connectivity index (χ3v) is 3.75. The summed E-state index contributed by atoms with van der Waals surface area (Å²) >= 11 is 0. The van der Waals surface area contributed by atoms with Gasteiger partial charge in [0.2, 0.25) is 0 Å². The number of benzene rings is 1. The molecule has 1 unspecified atom stereocenters. The first-order valence-electron chi connectivity index (χ1n) is 5.98. The number of carboxylic acids is 1. The van der Waals surface area contributed by atoms with Crippen LogP contribution in [-0.2, 0) is 14.6 Å². The van der Waals surface area contributed by atoms with Crippen LogP contribution in [0.5, 0.6) is 0 Å². The lowest BCUT2D eigenvalue weighted by molar-refractivity contribution is -0.139. The monoisotopic (exact) mass is 299 g/mol. The second kappa shape index (κ2) is 6.51. The van der Waals surface area contributed by atoms with Crippen molar-refractivity contribution in [3.63, 3.8) is 0 Å². The van der Waals surface area contributed by atoms with Gasteiger partial charge in [-0.25, -0.2) is 13.2 Å². The van der Waals surface area contributed by atoms with Gasteiger partial charge in [-0.15, -0.1) is 0 Å². The maximum absolute atomic E-state index is 12.0. The highest BCUT2D eigenvalue weighted by atomic mass is 32.2. The Morgan fingerprint density at radius 2 is 1.90 bits per heavy atom. The van der Waals surface area contributed by atoms with Crippen LogP contribution in [0.25, 0.3) is 0 Å². The van der Waals surface area contributed by atoms with Gasteiger partial charge >= 0.3 is 5.97 Å². The molecule has 0 fully saturated rings. The summed E-state index contributed by atoms with van der Waals surface area (Å²) in [5.41, 5.74) is 1.09. The lowest BCUT2D eigenvalue weighted by Gasteiger charge is -2.14. The minimum absolute atomic E-state index is 0.161. The lowest BCUT2D eigenvalue weighted by Crippen LogP contribution is -2.42. The highest BCUT2D eigenvalue weighted by Crippen LogP contribution is 2.08. The van der Waals surface area contributed by atoms with Gasteiger partial charge in [0.1, 0.15) is 15.9 Å². The predicted molar refractivity (Wildman–Crippen MR) is 74.4 cm³/mol. The molecule has 0 saturated carbocycles. The van der Waals surface area contributed by atoms with E-state index in [1.165, 1.54) is 0 Å². The van der Waals surface area contributed by atoms with Crippen molar-refractivity contribution < 1.29 is 23.1 Å². The van der Waals surface area contributed by atoms with Crippen LogP contribution in [-0.4, -0.2) is 43.5 Å². The number of nitrogens with one attached hydrogen (secondary N) is 1. The molecule has 0 spiro atoms. The summed E-state index contributed by atoms with van der Waals surface area (Å²) < 4.78 is 22.1. The van der Waals surface area contributed by atoms with Crippen molar-refractivity contribution in [3.05, 3.63) is 35.4 Å². The van der Waals surface area contributed by atoms with Crippen LogP contribution in [0.15, 0.2) is 24.3 Å². The van der Waals surface area contributed by atoms with Crippen molar-refractivity contribution in [2.45, 2.75) is 19.4 Å². The van der Waals surface area contributed by atoms with E-state index in [2.05, 4.69) is 5.32 Å². The molecule has 1 aromatic carbocycles. The Bertz CT molecular complexity index is 609. The molecule has 1 rings (SSSR count). The minimum atomic E-state index is -3.28. The van der Waals surface area contributed by atoms with E-state index in [-0.39, 0.29) is 12.2 Å². The van der Waals surface area contributed by atoms with Gasteiger partial charge in [-0.3, -0.25) is 4.79 Å². The first-order valence-corrected chi connectivity index (χ1v) is 8.04. The average molecular weight is 299 g/mol. The molecule has 0 aromatic heterocycles. The fourth-order valence-corrected chi connectivity index (χ4v) is 2.32. The van der Waals surface area contributed by atoms with E-state index < -0.39 is 27.8 Å². The SMILES string of the molecule is Cc1ccccc1C(=O)NC(CCS(C)(=O)=O)C(=O)O. The van der Waals surface area contributed by atoms with Crippen LogP contribution in [0.3, 0.4) is 0 Å². The number of carboxylic acid groups (broad SMARTS) is 1. The molecule has 0 aliphatic heterocycles. The molecule has 0 saturated heterocycles. The minimum Gasteiger partial charge on any atom is -0.480 e. The van der Waals surface area contributed by atoms with Crippen molar-refractivity contribution in [2.24, 2.45) is 0 Å². The molecule has 0 radical (unpaired) electrons. The largest absolute Gasteiger partial charge is 0.480 e. The molecule has 0 bridgehead atoms. The average Bonchev–Trinajstić information content (AvgIpc) is 2.33. The number of hydrogen-bond acceptors (Lipinski definition) is 4. The van der Waals surface area contributed by atoms with Crippen molar-refractivity contribution in [1.82, 2.24) is 5.32 Å². The summed E-state index contributed by atoms with van der Waals surface area (Å²) in [4.78, 5) is 23.0. The van der Waals surface area contributed by atoms with E-state index in [9.17, 15) is 18.0 Å². The van der Waals surface area contributed by atoms with Crippen LogP contribution in [0.4, 0.5) is 0 Å². The van der Waals surface area contributed by atoms with Gasteiger partial charge in [-0.05, 0) is 25.0 Å². The standard InChI is InChI=1S/C13H17NO5S/c1-9-5-3-4-6-10(9)12(15)14-11(13(16)17)7-8-20(2,18)19/h3-6,11H,7-8H2,1-2H3,(H,14,15)(H,16,17). The topological polar surface area (TPSA) is 101 Å². The molecular formula is C13H17NO5S. The van der Waals surface area contributed by atoms with Crippen LogP contribution in [0, 0.1) is 6.92 Å². The maximum atomic E-state index is 12.0. The molecule has 1 amide bonds. The summed E-state index contributed by atoms with van der Waals surface area (Å²) in [6.45, 7) is 1.74. The predicted octanol–water partition coefficient (Wildman–Crippen LogP) is 0.613. The molecule has 20 heavy (non-hydrogen) atoms. The van der Waals surface area contributed by atoms with Crippen molar-refractivity contribution >= 4 is 21.7 Å². The fraction of sp³-hybridized carbons (Fsp3) is 0.385. The Morgan fingerprint density at radius 3 is 2.40 bits per heavy atom. The summed E-state index contributed by atoms with van der Waals surface area (Å²) in [5.74, 6) is -2.07. The normalized spacial score (nSPS) is 12.7. The molecule has 1 atom stereocenters. The summed E-state index contributed by atoms with van der Waals surface area (Å²) in [6.07, 6.45) is 0.862. The van der Waals surface area contributed by atoms with Gasteiger partial charge in [-0.1, -0.05) is 18.2 Å². The van der Waals surface area contributed by atoms with E-state index in [0.717, 1.165) is 11.8 Å². The van der Waals surface area contributed by atoms with E-state index >= 15 is 0 Å². The smallest absolute Gasteiger partial charge is 0.326 e. The molecule has 7 heteroatoms. The van der Waals surface area contributed by atoms with E-state index in [1.807, 2.05) is 0 Å². The Balaban J connectivity index is 2.79. The number of rotatable bonds is 6. The van der Waals surface area contributed by atoms with E-state index in [0.29, 0.717) is 5.56 Å². The Kier molecular flexibility index (Phi) is 5.26. The van der Waals surface area contributed by atoms with Gasteiger partial charge in [0.05, 0.1) is 5.75 Å². The van der Waals surface area contributed by atoms with E-state index in [4.69, 9.17) is 5.11 Å². The third kappa shape index (κ3) is 5.00. The van der Waals surface area contributed by atoms with Gasteiger partial charge in [0.25, 0.3) is 5.91 Å². The number of carbonyl (C=O) groups excluding carboxylic acids is 1. The van der Waals surface area contributed by atoms with Crippen LogP contribution < -0.4 is 5.32 Å². The van der Waals surface area contributed by atoms with Crippen molar-refractivity contribution in [2.75, 3.05) is 12.0 Å². The zero-order valence-corrected chi connectivity index (χ0v) is 12.1. The highest BCUT2D eigenvalue weighted by molar-refractivity contribution is 7.90. The molecule has 2 N–H and O–H groups in total. The molecule has 0 aliphatic carbocycles. The summed E-state index contributed by atoms with van der Waals surface area (Å²) in [5, 5.41) is 11.4. The van der Waals surface area contributed by atoms with Gasteiger partial charge in [0, 0.05) is 11.8 Å². The van der Waals surface area contributed by atoms with Crippen LogP contribution in [0.2, 0.25) is 0 Å². The van der Waals surface area contributed by atoms with Crippen LogP contribution >= 0.6 is 0 Å². The van der Waals surface area contributed by atoms with Gasteiger partial charge in [-0.2, -0.15) is 0 Å². The number of sulfone groups is 1. The number of carbonyl (C=O) groups is 2. The first-order chi connectivity index (χ1) is 9.20. The lowest BCUT2D eigenvalue weighted by atomic mass is 10.1. The number of hydrogen-bond donors (Lipinski definition) is 2. The number of aryl methyl sites for hydroxylation is 1. The zero-order valence-electron chi connectivity index (χ0n) is 11.3. The molecule has 110 valence electrons. The van der Waals surface area contributed by atoms with Gasteiger partial charge in [0.15, 0.2) is 0 Å². The second-order valence-electron chi connectivity index (χ2n) is 4.60. The Hall–Kier alpha value is -1.89. The fourth-order valence-electron chi connectivity index (χ4n) is 1.65. The Labute approximate surface area is 117 Å². The molecule has 1 aromatic rings. The maximum Gasteiger partial charge on any atom is 0.326 e. The summed E-state index contributed by atoms with van der Waals surface area (Å²) in [7, 11) is -3.28. The Morgan fingerprint density at radius 1 is 1.30 bits per heavy atom. The third-order valence-electron chi connectivity index (χ3n) is 2.77. The molecule has 6 nitrogen and oxygen atoms in total. The number of aliphatic carboxylic acids is 1. The molecule has 0 heterocycles. The van der Waals surface area contributed by atoms with Crippen molar-refractivity contribution in [1.29, 1.82) is 0 Å². The first kappa shape index (κ1) is 16.2. The van der Waals surface area contributed by atoms with Crippen molar-refractivity contribution in [3.8, 4) is 0 Å². The molecule has 0 aliphatic rings. The highest BCUT2D eigenvalue weighted by Gasteiger charge is 2.22. The quantitative estimate of drug-likeness (QED) is 0.801. The second-order valence-corrected chi connectivity index (χ2v) is 6.86.